The molecule has 120 valence electrons. The number of hydrogen-bond acceptors (Lipinski definition) is 2. The number of carbonyl (C=O) groups excluding carboxylic acids is 1. The molecule has 3 rings (SSSR count). The Labute approximate surface area is 134 Å². The fourth-order valence-corrected chi connectivity index (χ4v) is 4.07. The van der Waals surface area contributed by atoms with E-state index < -0.39 is 22.6 Å². The topological polar surface area (TPSA) is 29.4 Å². The van der Waals surface area contributed by atoms with Gasteiger partial charge in [0, 0.05) is 11.3 Å². The summed E-state index contributed by atoms with van der Waals surface area (Å²) in [4.78, 5) is 16.9. The lowest BCUT2D eigenvalue weighted by Crippen LogP contribution is -2.09. The van der Waals surface area contributed by atoms with Gasteiger partial charge < -0.3 is 0 Å². The number of thiol groups is 1. The molecule has 2 aromatic carbocycles. The summed E-state index contributed by atoms with van der Waals surface area (Å²) in [5, 5.41) is 0.0184. The SMILES string of the molecule is Cc1ccc2c(c1)N=C[SH](Cc1ccc(C(F)(F)F)cc1)C2=O. The molecule has 2 aromatic rings. The van der Waals surface area contributed by atoms with E-state index in [2.05, 4.69) is 4.99 Å². The standard InChI is InChI=1S/C17H14F3NOS/c1-11-2-7-14-15(8-11)21-10-23(16(14)22)9-12-3-5-13(6-4-12)17(18,19)20/h2-8,10,23H,9H2,1H3. The van der Waals surface area contributed by atoms with Crippen molar-refractivity contribution in [2.75, 3.05) is 0 Å². The van der Waals surface area contributed by atoms with Gasteiger partial charge in [-0.25, -0.2) is 0 Å². The number of carbonyl (C=O) groups is 1. The first-order chi connectivity index (χ1) is 10.8. The fourth-order valence-electron chi connectivity index (χ4n) is 2.38. The average Bonchev–Trinajstić information content (AvgIpc) is 2.50. The lowest BCUT2D eigenvalue weighted by Gasteiger charge is -2.21. The molecule has 1 heterocycles. The van der Waals surface area contributed by atoms with E-state index in [-0.39, 0.29) is 5.12 Å². The van der Waals surface area contributed by atoms with Crippen LogP contribution in [0.4, 0.5) is 18.9 Å². The first-order valence-electron chi connectivity index (χ1n) is 6.96. The summed E-state index contributed by atoms with van der Waals surface area (Å²) in [7, 11) is -1.16. The van der Waals surface area contributed by atoms with E-state index in [9.17, 15) is 18.0 Å². The van der Waals surface area contributed by atoms with Crippen LogP contribution >= 0.6 is 10.9 Å². The smallest absolute Gasteiger partial charge is 0.283 e. The Hall–Kier alpha value is -2.08. The Morgan fingerprint density at radius 1 is 1.09 bits per heavy atom. The third kappa shape index (κ3) is 3.32. The molecule has 2 nitrogen and oxygen atoms in total. The highest BCUT2D eigenvalue weighted by atomic mass is 32.2. The van der Waals surface area contributed by atoms with Gasteiger partial charge >= 0.3 is 6.18 Å². The van der Waals surface area contributed by atoms with Crippen LogP contribution in [0.15, 0.2) is 47.5 Å². The van der Waals surface area contributed by atoms with Gasteiger partial charge in [0.05, 0.1) is 16.8 Å². The number of rotatable bonds is 2. The molecule has 0 amide bonds. The second-order valence-corrected chi connectivity index (χ2v) is 7.29. The third-order valence-electron chi connectivity index (χ3n) is 3.61. The van der Waals surface area contributed by atoms with Crippen molar-refractivity contribution in [3.8, 4) is 0 Å². The predicted octanol–water partition coefficient (Wildman–Crippen LogP) is 5.03. The van der Waals surface area contributed by atoms with Crippen LogP contribution < -0.4 is 0 Å². The van der Waals surface area contributed by atoms with Crippen molar-refractivity contribution >= 4 is 27.2 Å². The Morgan fingerprint density at radius 3 is 2.43 bits per heavy atom. The Balaban J connectivity index is 1.80. The minimum Gasteiger partial charge on any atom is -0.283 e. The summed E-state index contributed by atoms with van der Waals surface area (Å²) in [5.41, 5.74) is 3.97. The van der Waals surface area contributed by atoms with Crippen LogP contribution in [0.2, 0.25) is 0 Å². The Morgan fingerprint density at radius 2 is 1.78 bits per heavy atom. The summed E-state index contributed by atoms with van der Waals surface area (Å²) in [6.45, 7) is 1.93. The molecule has 0 spiro atoms. The zero-order valence-electron chi connectivity index (χ0n) is 12.3. The second kappa shape index (κ2) is 5.85. The minimum atomic E-state index is -4.34. The van der Waals surface area contributed by atoms with Crippen LogP contribution in [0.1, 0.15) is 27.0 Å². The maximum absolute atomic E-state index is 12.6. The van der Waals surface area contributed by atoms with Gasteiger partial charge in [-0.2, -0.15) is 13.2 Å². The zero-order valence-corrected chi connectivity index (χ0v) is 13.2. The fraction of sp³-hybridized carbons (Fsp3) is 0.176. The average molecular weight is 337 g/mol. The highest BCUT2D eigenvalue weighted by molar-refractivity contribution is 8.39. The van der Waals surface area contributed by atoms with Gasteiger partial charge in [-0.3, -0.25) is 9.79 Å². The van der Waals surface area contributed by atoms with Crippen LogP contribution in [0.3, 0.4) is 0 Å². The van der Waals surface area contributed by atoms with E-state index in [1.165, 1.54) is 12.1 Å². The quantitative estimate of drug-likeness (QED) is 0.765. The highest BCUT2D eigenvalue weighted by Crippen LogP contribution is 2.40. The lowest BCUT2D eigenvalue weighted by molar-refractivity contribution is -0.137. The largest absolute Gasteiger partial charge is 0.416 e. The Kier molecular flexibility index (Phi) is 4.02. The van der Waals surface area contributed by atoms with Crippen LogP contribution in [0.25, 0.3) is 0 Å². The summed E-state index contributed by atoms with van der Waals surface area (Å²) < 4.78 is 37.7. The van der Waals surface area contributed by atoms with Crippen LogP contribution in [0.5, 0.6) is 0 Å². The third-order valence-corrected chi connectivity index (χ3v) is 5.48. The number of aryl methyl sites for hydroxylation is 1. The van der Waals surface area contributed by atoms with Gasteiger partial charge in [0.1, 0.15) is 0 Å². The molecule has 1 unspecified atom stereocenters. The van der Waals surface area contributed by atoms with E-state index in [1.807, 2.05) is 19.1 Å². The molecule has 0 radical (unpaired) electrons. The van der Waals surface area contributed by atoms with Gasteiger partial charge in [-0.15, -0.1) is 10.9 Å². The van der Waals surface area contributed by atoms with Crippen molar-refractivity contribution in [1.82, 2.24) is 0 Å². The summed E-state index contributed by atoms with van der Waals surface area (Å²) in [6.07, 6.45) is -4.34. The first kappa shape index (κ1) is 15.8. The van der Waals surface area contributed by atoms with Gasteiger partial charge in [-0.1, -0.05) is 18.2 Å². The normalized spacial score (nSPS) is 18.8. The van der Waals surface area contributed by atoms with E-state index in [0.717, 1.165) is 17.7 Å². The van der Waals surface area contributed by atoms with Crippen LogP contribution in [-0.4, -0.2) is 10.7 Å². The monoisotopic (exact) mass is 337 g/mol. The maximum Gasteiger partial charge on any atom is 0.416 e. The molecule has 6 heteroatoms. The number of halogens is 3. The Bertz CT molecular complexity index is 781. The van der Waals surface area contributed by atoms with Crippen molar-refractivity contribution in [3.05, 3.63) is 64.7 Å². The van der Waals surface area contributed by atoms with E-state index >= 15 is 0 Å². The molecule has 0 saturated carbocycles. The molecule has 0 saturated heterocycles. The molecule has 0 aromatic heterocycles. The van der Waals surface area contributed by atoms with Crippen molar-refractivity contribution < 1.29 is 18.0 Å². The molecule has 0 aliphatic carbocycles. The number of fused-ring (bicyclic) bond motifs is 1. The summed E-state index contributed by atoms with van der Waals surface area (Å²) in [5.74, 6) is 0.406. The first-order valence-corrected chi connectivity index (χ1v) is 8.56. The molecular weight excluding hydrogens is 323 g/mol. The number of hydrogen-bond donors (Lipinski definition) is 1. The van der Waals surface area contributed by atoms with Crippen LogP contribution in [0, 0.1) is 6.92 Å². The number of alkyl halides is 3. The molecule has 0 N–H and O–H groups in total. The summed E-state index contributed by atoms with van der Waals surface area (Å²) >= 11 is 0. The molecular formula is C17H14F3NOS. The van der Waals surface area contributed by atoms with E-state index in [0.29, 0.717) is 22.6 Å². The molecule has 1 aliphatic rings. The van der Waals surface area contributed by atoms with Gasteiger partial charge in [0.2, 0.25) is 5.12 Å². The van der Waals surface area contributed by atoms with Gasteiger partial charge in [0.15, 0.2) is 0 Å². The number of benzene rings is 2. The maximum atomic E-state index is 12.6. The highest BCUT2D eigenvalue weighted by Gasteiger charge is 2.30. The predicted molar refractivity (Wildman–Crippen MR) is 87.8 cm³/mol. The van der Waals surface area contributed by atoms with Crippen molar-refractivity contribution in [2.24, 2.45) is 4.99 Å². The molecule has 0 fully saturated rings. The van der Waals surface area contributed by atoms with Crippen LogP contribution in [-0.2, 0) is 11.9 Å². The van der Waals surface area contributed by atoms with E-state index in [4.69, 9.17) is 0 Å². The zero-order chi connectivity index (χ0) is 16.6. The van der Waals surface area contributed by atoms with Gasteiger partial charge in [0.25, 0.3) is 0 Å². The molecule has 0 bridgehead atoms. The van der Waals surface area contributed by atoms with Crippen molar-refractivity contribution in [2.45, 2.75) is 18.9 Å². The lowest BCUT2D eigenvalue weighted by atomic mass is 10.1. The summed E-state index contributed by atoms with van der Waals surface area (Å²) in [6, 6.07) is 10.4. The van der Waals surface area contributed by atoms with Crippen molar-refractivity contribution in [1.29, 1.82) is 0 Å². The molecule has 1 atom stereocenters. The number of aliphatic imine (C=N–C) groups is 1. The molecule has 23 heavy (non-hydrogen) atoms. The van der Waals surface area contributed by atoms with Crippen molar-refractivity contribution in [3.63, 3.8) is 0 Å². The molecule has 1 aliphatic heterocycles. The van der Waals surface area contributed by atoms with Gasteiger partial charge in [-0.05, 0) is 42.3 Å². The minimum absolute atomic E-state index is 0.0184. The van der Waals surface area contributed by atoms with E-state index in [1.54, 1.807) is 11.6 Å². The second-order valence-electron chi connectivity index (χ2n) is 5.39. The number of nitrogens with zero attached hydrogens (tertiary/aromatic N) is 1.